The van der Waals surface area contributed by atoms with Crippen LogP contribution in [0.1, 0.15) is 112 Å². The second kappa shape index (κ2) is 8.88. The van der Waals surface area contributed by atoms with E-state index in [0.717, 1.165) is 12.2 Å². The Labute approximate surface area is 207 Å². The van der Waals surface area contributed by atoms with Crippen LogP contribution in [-0.2, 0) is 17.3 Å². The first-order valence-electron chi connectivity index (χ1n) is 13.1. The van der Waals surface area contributed by atoms with E-state index in [4.69, 9.17) is 11.3 Å². The van der Waals surface area contributed by atoms with Crippen LogP contribution >= 0.6 is 0 Å². The maximum Gasteiger partial charge on any atom is 0.287 e. The molecule has 2 aromatic rings. The van der Waals surface area contributed by atoms with Gasteiger partial charge in [-0.3, -0.25) is 4.79 Å². The lowest BCUT2D eigenvalue weighted by Gasteiger charge is -2.42. The van der Waals surface area contributed by atoms with Gasteiger partial charge in [0.1, 0.15) is 5.76 Å². The van der Waals surface area contributed by atoms with E-state index in [-0.39, 0.29) is 16.7 Å². The molecule has 1 aromatic carbocycles. The quantitative estimate of drug-likeness (QED) is 0.445. The molecule has 1 N–H and O–H groups in total. The second-order valence-electron chi connectivity index (χ2n) is 12.9. The van der Waals surface area contributed by atoms with E-state index in [9.17, 15) is 4.79 Å². The lowest BCUT2D eigenvalue weighted by Crippen LogP contribution is -2.34. The van der Waals surface area contributed by atoms with Gasteiger partial charge in [0, 0.05) is 13.0 Å². The molecule has 4 rings (SSSR count). The minimum absolute atomic E-state index is 0.128. The highest BCUT2D eigenvalue weighted by molar-refractivity contribution is 5.91. The Hall–Kier alpha value is -2.03. The van der Waals surface area contributed by atoms with Gasteiger partial charge in [-0.25, -0.2) is 0 Å². The summed E-state index contributed by atoms with van der Waals surface area (Å²) in [7, 11) is 0. The van der Waals surface area contributed by atoms with E-state index < -0.39 is 0 Å². The second-order valence-corrected chi connectivity index (χ2v) is 12.9. The third-order valence-corrected chi connectivity index (χ3v) is 8.78. The van der Waals surface area contributed by atoms with Crippen molar-refractivity contribution >= 4 is 5.91 Å². The molecule has 0 spiro atoms. The van der Waals surface area contributed by atoms with Gasteiger partial charge >= 0.3 is 0 Å². The predicted octanol–water partition coefficient (Wildman–Crippen LogP) is 7.41. The van der Waals surface area contributed by atoms with Crippen LogP contribution in [0.3, 0.4) is 0 Å². The highest BCUT2D eigenvalue weighted by Gasteiger charge is 2.49. The summed E-state index contributed by atoms with van der Waals surface area (Å²) < 4.78 is 6.01. The molecule has 0 aliphatic heterocycles. The number of amides is 1. The van der Waals surface area contributed by atoms with Crippen molar-refractivity contribution in [1.82, 2.24) is 5.32 Å². The molecule has 1 fully saturated rings. The van der Waals surface area contributed by atoms with Crippen molar-refractivity contribution in [3.63, 3.8) is 0 Å². The van der Waals surface area contributed by atoms with E-state index in [1.165, 1.54) is 41.5 Å². The number of carbonyl (C=O) groups is 1. The molecule has 2 atom stereocenters. The first-order chi connectivity index (χ1) is 15.8. The number of carbonyl (C=O) groups excluding carboxylic acids is 1. The molecule has 1 heterocycles. The van der Waals surface area contributed by atoms with Crippen molar-refractivity contribution in [3.05, 3.63) is 65.0 Å². The topological polar surface area (TPSA) is 42.2 Å². The maximum atomic E-state index is 12.8. The fraction of sp³-hybridized carbons (Fsp3) is 0.613. The van der Waals surface area contributed by atoms with Gasteiger partial charge in [0.05, 0.1) is 0 Å². The largest absolute Gasteiger partial charge is 0.456 e. The van der Waals surface area contributed by atoms with E-state index >= 15 is 0 Å². The average molecular weight is 462 g/mol. The van der Waals surface area contributed by atoms with Crippen LogP contribution < -0.4 is 5.32 Å². The Kier molecular flexibility index (Phi) is 6.55. The monoisotopic (exact) mass is 461 g/mol. The number of hydrogen-bond acceptors (Lipinski definition) is 2. The first-order valence-corrected chi connectivity index (χ1v) is 13.1. The van der Waals surface area contributed by atoms with E-state index in [2.05, 4.69) is 65.9 Å². The molecule has 0 saturated heterocycles. The Balaban J connectivity index is 1.45. The molecule has 2 aliphatic rings. The van der Waals surface area contributed by atoms with E-state index in [0.29, 0.717) is 42.4 Å². The minimum Gasteiger partial charge on any atom is -0.456 e. The molecule has 0 bridgehead atoms. The molecule has 1 aromatic heterocycles. The fourth-order valence-electron chi connectivity index (χ4n) is 6.02. The van der Waals surface area contributed by atoms with Crippen LogP contribution in [0.4, 0.5) is 0 Å². The number of benzene rings is 1. The summed E-state index contributed by atoms with van der Waals surface area (Å²) in [5.74, 6) is 2.18. The molecule has 1 amide bonds. The summed E-state index contributed by atoms with van der Waals surface area (Å²) in [6.07, 6.45) is 5.94. The zero-order valence-corrected chi connectivity index (χ0v) is 22.3. The maximum absolute atomic E-state index is 12.8. The molecule has 1 saturated carbocycles. The van der Waals surface area contributed by atoms with Crippen molar-refractivity contribution in [1.29, 1.82) is 0 Å². The van der Waals surface area contributed by atoms with Gasteiger partial charge in [0.25, 0.3) is 5.91 Å². The lowest BCUT2D eigenvalue weighted by molar-refractivity contribution is 0.0913. The molecule has 1 unspecified atom stereocenters. The number of rotatable bonds is 8. The Morgan fingerprint density at radius 2 is 1.71 bits per heavy atom. The van der Waals surface area contributed by atoms with E-state index in [1.807, 2.05) is 12.1 Å². The van der Waals surface area contributed by atoms with E-state index in [1.54, 1.807) is 0 Å². The Bertz CT molecular complexity index is 1060. The first kappa shape index (κ1) is 25.1. The summed E-state index contributed by atoms with van der Waals surface area (Å²) >= 11 is 0. The molecule has 184 valence electrons. The molecule has 3 heteroatoms. The normalized spacial score (nSPS) is 22.6. The smallest absolute Gasteiger partial charge is 0.287 e. The Morgan fingerprint density at radius 3 is 2.29 bits per heavy atom. The molecule has 34 heavy (non-hydrogen) atoms. The SMILES string of the molecule is [CH]CCC(CNC(=O)c1ccc(Cc2cc3c(cc2C)C(C)(C)CCC3(C)C)o1)[C@H]1CC1(C)C. The standard InChI is InChI=1S/C31H43NO2/c1-9-10-21(26-18-31(26,7)8)19-32-28(33)27-12-11-23(34-27)16-22-17-25-24(15-20(22)2)29(3,4)13-14-30(25,5)6/h1,11-12,15,17,21,26H,9-10,13-14,16,18-19H2,2-8H3,(H,32,33)/t21?,26-/m1/s1. The third-order valence-electron chi connectivity index (χ3n) is 8.78. The highest BCUT2D eigenvalue weighted by atomic mass is 16.3. The third kappa shape index (κ3) is 4.99. The predicted molar refractivity (Wildman–Crippen MR) is 139 cm³/mol. The van der Waals surface area contributed by atoms with Gasteiger partial charge in [-0.2, -0.15) is 0 Å². The van der Waals surface area contributed by atoms with Crippen LogP contribution in [0.25, 0.3) is 0 Å². The van der Waals surface area contributed by atoms with Gasteiger partial charge in [-0.15, -0.1) is 0 Å². The Morgan fingerprint density at radius 1 is 1.09 bits per heavy atom. The highest BCUT2D eigenvalue weighted by Crippen LogP contribution is 2.56. The molecule has 2 aliphatic carbocycles. The molecular weight excluding hydrogens is 418 g/mol. The van der Waals surface area contributed by atoms with Crippen LogP contribution in [0.15, 0.2) is 28.7 Å². The number of fused-ring (bicyclic) bond motifs is 1. The van der Waals surface area contributed by atoms with Crippen molar-refractivity contribution in [3.8, 4) is 0 Å². The molecular formula is C31H43NO2. The number of nitrogens with one attached hydrogen (secondary N) is 1. The summed E-state index contributed by atoms with van der Waals surface area (Å²) in [6, 6.07) is 8.54. The van der Waals surface area contributed by atoms with Crippen molar-refractivity contribution in [2.75, 3.05) is 6.54 Å². The summed E-state index contributed by atoms with van der Waals surface area (Å²) in [5.41, 5.74) is 6.28. The van der Waals surface area contributed by atoms with Crippen molar-refractivity contribution < 1.29 is 9.21 Å². The lowest BCUT2D eigenvalue weighted by atomic mass is 9.62. The van der Waals surface area contributed by atoms with Gasteiger partial charge in [0.15, 0.2) is 5.76 Å². The molecule has 3 nitrogen and oxygen atoms in total. The number of hydrogen-bond donors (Lipinski definition) is 1. The number of aryl methyl sites for hydroxylation is 1. The summed E-state index contributed by atoms with van der Waals surface area (Å²) in [5, 5.41) is 3.10. The van der Waals surface area contributed by atoms with Crippen LogP contribution in [0, 0.1) is 31.1 Å². The van der Waals surface area contributed by atoms with Crippen LogP contribution in [-0.4, -0.2) is 12.5 Å². The zero-order chi connectivity index (χ0) is 24.9. The van der Waals surface area contributed by atoms with Gasteiger partial charge < -0.3 is 9.73 Å². The summed E-state index contributed by atoms with van der Waals surface area (Å²) in [6.45, 7) is 22.7. The fourth-order valence-corrected chi connectivity index (χ4v) is 6.02. The van der Waals surface area contributed by atoms with Crippen molar-refractivity contribution in [2.45, 2.75) is 97.8 Å². The van der Waals surface area contributed by atoms with Crippen LogP contribution in [0.2, 0.25) is 0 Å². The zero-order valence-electron chi connectivity index (χ0n) is 22.3. The minimum atomic E-state index is -0.128. The molecule has 2 radical (unpaired) electrons. The average Bonchev–Trinajstić information content (AvgIpc) is 3.16. The van der Waals surface area contributed by atoms with Gasteiger partial charge in [-0.05, 0) is 108 Å². The van der Waals surface area contributed by atoms with Crippen molar-refractivity contribution in [2.24, 2.45) is 17.3 Å². The summed E-state index contributed by atoms with van der Waals surface area (Å²) in [4.78, 5) is 12.8. The van der Waals surface area contributed by atoms with Gasteiger partial charge in [0.2, 0.25) is 0 Å². The van der Waals surface area contributed by atoms with Crippen LogP contribution in [0.5, 0.6) is 0 Å². The van der Waals surface area contributed by atoms with Gasteiger partial charge in [-0.1, -0.05) is 53.7 Å². The number of furan rings is 1.